The molecule has 33 heavy (non-hydrogen) atoms. The fourth-order valence-corrected chi connectivity index (χ4v) is 3.25. The van der Waals surface area contributed by atoms with Crippen LogP contribution in [0, 0.1) is 29.9 Å². The van der Waals surface area contributed by atoms with Gasteiger partial charge in [0.15, 0.2) is 6.61 Å². The maximum atomic E-state index is 12.4. The molecular weight excluding hydrogens is 432 g/mol. The second-order valence-corrected chi connectivity index (χ2v) is 7.58. The van der Waals surface area contributed by atoms with Gasteiger partial charge in [0, 0.05) is 18.2 Å². The topological polar surface area (TPSA) is 148 Å². The molecule has 0 saturated carbocycles. The molecule has 0 aliphatic carbocycles. The van der Waals surface area contributed by atoms with E-state index in [2.05, 4.69) is 10.7 Å². The second kappa shape index (κ2) is 9.90. The van der Waals surface area contributed by atoms with Gasteiger partial charge in [-0.2, -0.15) is 0 Å². The fourth-order valence-electron chi connectivity index (χ4n) is 3.25. The van der Waals surface area contributed by atoms with E-state index in [1.807, 2.05) is 19.9 Å². The Hall–Kier alpha value is -4.28. The van der Waals surface area contributed by atoms with Crippen LogP contribution in [0.1, 0.15) is 27.9 Å². The average molecular weight is 454 g/mol. The summed E-state index contributed by atoms with van der Waals surface area (Å²) in [5.41, 5.74) is 4.30. The Kier molecular flexibility index (Phi) is 7.01. The number of hydrazine groups is 1. The third-order valence-corrected chi connectivity index (χ3v) is 5.18. The molecule has 0 radical (unpaired) electrons. The molecule has 1 fully saturated rings. The van der Waals surface area contributed by atoms with Gasteiger partial charge in [-0.25, -0.2) is 0 Å². The van der Waals surface area contributed by atoms with Crippen LogP contribution in [0.25, 0.3) is 0 Å². The molecule has 1 saturated heterocycles. The number of para-hydroxylation sites is 1. The molecule has 2 aromatic rings. The lowest BCUT2D eigenvalue weighted by Crippen LogP contribution is -2.43. The highest BCUT2D eigenvalue weighted by Gasteiger charge is 2.37. The minimum absolute atomic E-state index is 0.178. The van der Waals surface area contributed by atoms with E-state index < -0.39 is 46.8 Å². The lowest BCUT2D eigenvalue weighted by Gasteiger charge is -2.17. The Labute approximate surface area is 188 Å². The van der Waals surface area contributed by atoms with Gasteiger partial charge in [-0.15, -0.1) is 0 Å². The van der Waals surface area contributed by atoms with Crippen LogP contribution in [-0.4, -0.2) is 46.8 Å². The summed E-state index contributed by atoms with van der Waals surface area (Å²) in [6, 6.07) is 10.7. The van der Waals surface area contributed by atoms with Gasteiger partial charge in [-0.3, -0.25) is 39.7 Å². The summed E-state index contributed by atoms with van der Waals surface area (Å²) >= 11 is 0. The van der Waals surface area contributed by atoms with E-state index >= 15 is 0 Å². The number of nitro groups is 1. The first-order chi connectivity index (χ1) is 15.7. The highest BCUT2D eigenvalue weighted by atomic mass is 16.6. The van der Waals surface area contributed by atoms with Crippen molar-refractivity contribution in [2.24, 2.45) is 5.92 Å². The minimum Gasteiger partial charge on any atom is -0.455 e. The molecule has 1 heterocycles. The number of carbonyl (C=O) groups excluding carboxylic acids is 4. The number of anilines is 1. The van der Waals surface area contributed by atoms with Gasteiger partial charge in [0.1, 0.15) is 5.56 Å². The third-order valence-electron chi connectivity index (χ3n) is 5.18. The van der Waals surface area contributed by atoms with Gasteiger partial charge < -0.3 is 10.1 Å². The highest BCUT2D eigenvalue weighted by Crippen LogP contribution is 2.21. The predicted octanol–water partition coefficient (Wildman–Crippen LogP) is 1.89. The summed E-state index contributed by atoms with van der Waals surface area (Å²) in [7, 11) is 0. The summed E-state index contributed by atoms with van der Waals surface area (Å²) in [6.45, 7) is 3.14. The van der Waals surface area contributed by atoms with E-state index in [9.17, 15) is 29.3 Å². The molecule has 0 aromatic heterocycles. The van der Waals surface area contributed by atoms with Crippen molar-refractivity contribution >= 4 is 35.1 Å². The molecule has 3 rings (SSSR count). The van der Waals surface area contributed by atoms with Crippen LogP contribution in [0.4, 0.5) is 11.4 Å². The minimum atomic E-state index is -0.891. The van der Waals surface area contributed by atoms with E-state index in [-0.39, 0.29) is 18.5 Å². The molecule has 1 aliphatic heterocycles. The van der Waals surface area contributed by atoms with Gasteiger partial charge in [-0.05, 0) is 43.2 Å². The van der Waals surface area contributed by atoms with Crippen LogP contribution in [0.5, 0.6) is 0 Å². The Morgan fingerprint density at radius 1 is 1.15 bits per heavy atom. The number of amides is 3. The number of esters is 1. The van der Waals surface area contributed by atoms with Crippen molar-refractivity contribution in [3.05, 3.63) is 69.3 Å². The monoisotopic (exact) mass is 454 g/mol. The number of hydrogen-bond acceptors (Lipinski definition) is 7. The molecule has 0 bridgehead atoms. The molecule has 11 heteroatoms. The van der Waals surface area contributed by atoms with Crippen LogP contribution >= 0.6 is 0 Å². The maximum absolute atomic E-state index is 12.4. The molecule has 2 N–H and O–H groups in total. The smallest absolute Gasteiger partial charge is 0.311 e. The average Bonchev–Trinajstić information content (AvgIpc) is 3.14. The summed E-state index contributed by atoms with van der Waals surface area (Å²) in [5, 5.41) is 14.6. The van der Waals surface area contributed by atoms with Gasteiger partial charge in [0.2, 0.25) is 5.91 Å². The van der Waals surface area contributed by atoms with Crippen LogP contribution in [0.2, 0.25) is 0 Å². The zero-order chi connectivity index (χ0) is 24.1. The third kappa shape index (κ3) is 5.70. The number of ether oxygens (including phenoxy) is 1. The largest absolute Gasteiger partial charge is 0.455 e. The van der Waals surface area contributed by atoms with Crippen molar-refractivity contribution < 1.29 is 28.8 Å². The number of hydrogen-bond donors (Lipinski definition) is 2. The van der Waals surface area contributed by atoms with Crippen molar-refractivity contribution in [2.75, 3.05) is 18.5 Å². The summed E-state index contributed by atoms with van der Waals surface area (Å²) in [4.78, 5) is 59.4. The first-order valence-corrected chi connectivity index (χ1v) is 10.0. The number of benzene rings is 2. The molecule has 3 amide bonds. The van der Waals surface area contributed by atoms with Crippen molar-refractivity contribution in [1.82, 2.24) is 10.4 Å². The molecule has 0 spiro atoms. The van der Waals surface area contributed by atoms with Crippen molar-refractivity contribution in [1.29, 1.82) is 0 Å². The Balaban J connectivity index is 1.52. The van der Waals surface area contributed by atoms with Crippen molar-refractivity contribution in [3.63, 3.8) is 0 Å². The fraction of sp³-hybridized carbons (Fsp3) is 0.273. The molecule has 2 aromatic carbocycles. The van der Waals surface area contributed by atoms with Gasteiger partial charge in [-0.1, -0.05) is 18.2 Å². The van der Waals surface area contributed by atoms with Gasteiger partial charge >= 0.3 is 5.97 Å². The zero-order valence-electron chi connectivity index (χ0n) is 18.0. The van der Waals surface area contributed by atoms with E-state index in [0.717, 1.165) is 16.1 Å². The normalized spacial score (nSPS) is 15.2. The molecule has 172 valence electrons. The highest BCUT2D eigenvalue weighted by molar-refractivity contribution is 5.99. The number of rotatable bonds is 7. The summed E-state index contributed by atoms with van der Waals surface area (Å²) in [5.74, 6) is -3.59. The molecule has 1 aliphatic rings. The zero-order valence-corrected chi connectivity index (χ0v) is 18.0. The van der Waals surface area contributed by atoms with Crippen LogP contribution < -0.4 is 10.7 Å². The van der Waals surface area contributed by atoms with E-state index in [0.29, 0.717) is 5.69 Å². The molecular formula is C22H22N4O7. The first-order valence-electron chi connectivity index (χ1n) is 10.0. The maximum Gasteiger partial charge on any atom is 0.311 e. The number of nitrogens with one attached hydrogen (secondary N) is 2. The molecule has 11 nitrogen and oxygen atoms in total. The van der Waals surface area contributed by atoms with Gasteiger partial charge in [0.05, 0.1) is 17.4 Å². The number of carbonyl (C=O) groups is 4. The van der Waals surface area contributed by atoms with Crippen molar-refractivity contribution in [2.45, 2.75) is 20.3 Å². The molecule has 1 atom stereocenters. The van der Waals surface area contributed by atoms with E-state index in [1.54, 1.807) is 12.1 Å². The predicted molar refractivity (Wildman–Crippen MR) is 116 cm³/mol. The first kappa shape index (κ1) is 23.4. The lowest BCUT2D eigenvalue weighted by molar-refractivity contribution is -0.385. The number of nitrogens with zero attached hydrogens (tertiary/aromatic N) is 2. The molecule has 0 unspecified atom stereocenters. The van der Waals surface area contributed by atoms with Crippen LogP contribution in [0.15, 0.2) is 42.5 Å². The SMILES string of the molecule is Cc1ccc(NC(=O)COC(=O)[C@H]2CC(=O)N(NC(=O)c3ccccc3[N+](=O)[O-])C2)cc1C. The number of nitro benzene ring substituents is 1. The van der Waals surface area contributed by atoms with Crippen LogP contribution in [-0.2, 0) is 19.1 Å². The standard InChI is InChI=1S/C22H22N4O7/c1-13-7-8-16(9-14(13)2)23-19(27)12-33-22(30)15-10-20(28)25(11-15)24-21(29)17-5-3-4-6-18(17)26(31)32/h3-9,15H,10-12H2,1-2H3,(H,23,27)(H,24,29)/t15-/m0/s1. The van der Waals surface area contributed by atoms with E-state index in [4.69, 9.17) is 4.74 Å². The van der Waals surface area contributed by atoms with Crippen molar-refractivity contribution in [3.8, 4) is 0 Å². The second-order valence-electron chi connectivity index (χ2n) is 7.58. The summed E-state index contributed by atoms with van der Waals surface area (Å²) < 4.78 is 5.02. The number of aryl methyl sites for hydroxylation is 2. The Bertz CT molecular complexity index is 1130. The van der Waals surface area contributed by atoms with Crippen LogP contribution in [0.3, 0.4) is 0 Å². The quantitative estimate of drug-likeness (QED) is 0.369. The van der Waals surface area contributed by atoms with Gasteiger partial charge in [0.25, 0.3) is 17.5 Å². The lowest BCUT2D eigenvalue weighted by atomic mass is 10.1. The van der Waals surface area contributed by atoms with E-state index in [1.165, 1.54) is 24.3 Å². The Morgan fingerprint density at radius 2 is 1.88 bits per heavy atom. The summed E-state index contributed by atoms with van der Waals surface area (Å²) in [6.07, 6.45) is -0.227. The Morgan fingerprint density at radius 3 is 2.58 bits per heavy atom.